The first kappa shape index (κ1) is 33.3. The summed E-state index contributed by atoms with van der Waals surface area (Å²) in [6, 6.07) is 3.91. The molecule has 41 heavy (non-hydrogen) atoms. The number of methoxy groups -OCH3 is 1. The first-order chi connectivity index (χ1) is 19.7. The summed E-state index contributed by atoms with van der Waals surface area (Å²) in [7, 11) is 1.61. The second-order valence-electron chi connectivity index (χ2n) is 10.0. The highest BCUT2D eigenvalue weighted by Crippen LogP contribution is 2.31. The molecule has 2 amide bonds. The highest BCUT2D eigenvalue weighted by Gasteiger charge is 2.27. The molecule has 1 aromatic heterocycles. The summed E-state index contributed by atoms with van der Waals surface area (Å²) in [5.74, 6) is 0.875. The fourth-order valence-corrected chi connectivity index (χ4v) is 4.32. The number of hydrazine groups is 1. The number of nitrogens with zero attached hydrogens (tertiary/aromatic N) is 4. The van der Waals surface area contributed by atoms with Crippen molar-refractivity contribution < 1.29 is 14.3 Å². The zero-order valence-corrected chi connectivity index (χ0v) is 25.3. The highest BCUT2D eigenvalue weighted by molar-refractivity contribution is 5.94. The van der Waals surface area contributed by atoms with E-state index in [0.29, 0.717) is 60.4 Å². The lowest BCUT2D eigenvalue weighted by Crippen LogP contribution is -2.45. The van der Waals surface area contributed by atoms with Crippen LogP contribution in [0.5, 0.6) is 0 Å². The Balaban J connectivity index is 2.37. The molecule has 1 aromatic rings. The third kappa shape index (κ3) is 9.30. The van der Waals surface area contributed by atoms with Crippen LogP contribution in [0.25, 0.3) is 0 Å². The van der Waals surface area contributed by atoms with E-state index in [1.54, 1.807) is 42.3 Å². The van der Waals surface area contributed by atoms with Crippen LogP contribution in [0.4, 0.5) is 16.3 Å². The van der Waals surface area contributed by atoms with Crippen LogP contribution in [-0.4, -0.2) is 50.1 Å². The van der Waals surface area contributed by atoms with Gasteiger partial charge in [0.1, 0.15) is 17.6 Å². The van der Waals surface area contributed by atoms with Crippen LogP contribution in [0.1, 0.15) is 69.9 Å². The van der Waals surface area contributed by atoms with Crippen LogP contribution < -0.4 is 26.0 Å². The molecule has 2 heterocycles. The highest BCUT2D eigenvalue weighted by atomic mass is 16.5. The van der Waals surface area contributed by atoms with E-state index in [4.69, 9.17) is 4.74 Å². The summed E-state index contributed by atoms with van der Waals surface area (Å²) in [6.07, 6.45) is 11.0. The Hall–Kier alpha value is -3.94. The lowest BCUT2D eigenvalue weighted by atomic mass is 10.0. The zero-order valence-electron chi connectivity index (χ0n) is 25.3. The molecule has 0 saturated heterocycles. The summed E-state index contributed by atoms with van der Waals surface area (Å²) < 4.78 is 5.13. The number of fused-ring (bicyclic) bond motifs is 1. The maximum Gasteiger partial charge on any atom is 0.327 e. The van der Waals surface area contributed by atoms with Crippen molar-refractivity contribution in [2.75, 3.05) is 36.7 Å². The molecule has 1 aliphatic rings. The molecule has 3 N–H and O–H groups in total. The lowest BCUT2D eigenvalue weighted by molar-refractivity contribution is 0.111. The molecule has 2 atom stereocenters. The number of ether oxygens (including phenoxy) is 1. The van der Waals surface area contributed by atoms with Crippen LogP contribution in [0, 0.1) is 17.2 Å². The Morgan fingerprint density at radius 2 is 2.12 bits per heavy atom. The number of hydrogen-bond donors (Lipinski definition) is 3. The SMILES string of the molecule is C=CN(NC(C)C(C)CC)c1cc2c(nc1C=O)N(C(=O)N/C(C)=C/C(NCCOC)=C(C#N)\C=C\CC)CCC2. The predicted octanol–water partition coefficient (Wildman–Crippen LogP) is 5.13. The fraction of sp³-hybridized carbons (Fsp3) is 0.484. The zero-order chi connectivity index (χ0) is 30.4. The molecule has 0 aliphatic carbocycles. The third-order valence-electron chi connectivity index (χ3n) is 7.03. The van der Waals surface area contributed by atoms with Gasteiger partial charge >= 0.3 is 6.03 Å². The van der Waals surface area contributed by atoms with Gasteiger partial charge in [0.25, 0.3) is 0 Å². The van der Waals surface area contributed by atoms with Crippen LogP contribution in [-0.2, 0) is 11.2 Å². The molecular weight excluding hydrogens is 518 g/mol. The molecule has 0 radical (unpaired) electrons. The quantitative estimate of drug-likeness (QED) is 0.0883. The van der Waals surface area contributed by atoms with E-state index in [9.17, 15) is 14.9 Å². The summed E-state index contributed by atoms with van der Waals surface area (Å²) in [4.78, 5) is 31.7. The number of hydrogen-bond acceptors (Lipinski definition) is 8. The van der Waals surface area contributed by atoms with Crippen molar-refractivity contribution in [3.63, 3.8) is 0 Å². The topological polar surface area (TPSA) is 123 Å². The maximum absolute atomic E-state index is 13.4. The van der Waals surface area contributed by atoms with Gasteiger partial charge in [0.15, 0.2) is 6.29 Å². The van der Waals surface area contributed by atoms with Crippen molar-refractivity contribution in [3.8, 4) is 6.07 Å². The summed E-state index contributed by atoms with van der Waals surface area (Å²) in [5.41, 5.74) is 6.68. The van der Waals surface area contributed by atoms with Gasteiger partial charge in [0.2, 0.25) is 0 Å². The summed E-state index contributed by atoms with van der Waals surface area (Å²) >= 11 is 0. The average molecular weight is 564 g/mol. The maximum atomic E-state index is 13.4. The van der Waals surface area contributed by atoms with E-state index in [1.807, 2.05) is 19.1 Å². The largest absolute Gasteiger partial charge is 0.383 e. The number of pyridine rings is 1. The van der Waals surface area contributed by atoms with Gasteiger partial charge in [-0.2, -0.15) is 5.26 Å². The Bertz CT molecular complexity index is 1200. The van der Waals surface area contributed by atoms with Gasteiger partial charge in [-0.3, -0.25) is 14.7 Å². The molecule has 222 valence electrons. The van der Waals surface area contributed by atoms with E-state index < -0.39 is 0 Å². The van der Waals surface area contributed by atoms with E-state index in [0.717, 1.165) is 31.2 Å². The number of nitriles is 1. The average Bonchev–Trinajstić information content (AvgIpc) is 2.98. The fourth-order valence-electron chi connectivity index (χ4n) is 4.32. The van der Waals surface area contributed by atoms with Crippen molar-refractivity contribution in [3.05, 3.63) is 65.3 Å². The van der Waals surface area contributed by atoms with Gasteiger partial charge in [0, 0.05) is 38.1 Å². The minimum absolute atomic E-state index is 0.146. The van der Waals surface area contributed by atoms with Crippen molar-refractivity contribution in [1.82, 2.24) is 21.0 Å². The van der Waals surface area contributed by atoms with Crippen molar-refractivity contribution in [1.29, 1.82) is 5.26 Å². The number of nitrogens with one attached hydrogen (secondary N) is 3. The van der Waals surface area contributed by atoms with Crippen LogP contribution >= 0.6 is 0 Å². The molecule has 10 heteroatoms. The Morgan fingerprint density at radius 1 is 1.37 bits per heavy atom. The van der Waals surface area contributed by atoms with Crippen molar-refractivity contribution >= 4 is 23.8 Å². The Labute approximate surface area is 244 Å². The monoisotopic (exact) mass is 563 g/mol. The molecular formula is C31H45N7O3. The van der Waals surface area contributed by atoms with Crippen molar-refractivity contribution in [2.24, 2.45) is 5.92 Å². The number of aromatic nitrogens is 1. The van der Waals surface area contributed by atoms with E-state index in [2.05, 4.69) is 54.5 Å². The smallest absolute Gasteiger partial charge is 0.327 e. The predicted molar refractivity (Wildman–Crippen MR) is 164 cm³/mol. The standard InChI is InChI=1S/C31H45N7O3/c1-8-11-13-26(20-32)27(33-15-17-41-7)18-23(5)34-31(40)37-16-12-14-25-19-29(28(21-39)35-30(25)37)38(10-3)36-24(6)22(4)9-2/h10-11,13,18-19,21-22,24,33,36H,3,8-9,12,14-17H2,1-2,4-7H3,(H,34,40)/b13-11+,23-18+,27-26-. The minimum Gasteiger partial charge on any atom is -0.383 e. The second-order valence-corrected chi connectivity index (χ2v) is 10.0. The molecule has 0 bridgehead atoms. The summed E-state index contributed by atoms with van der Waals surface area (Å²) in [5, 5.41) is 17.6. The van der Waals surface area contributed by atoms with Gasteiger partial charge < -0.3 is 15.4 Å². The molecule has 0 fully saturated rings. The van der Waals surface area contributed by atoms with E-state index in [-0.39, 0.29) is 17.8 Å². The number of aryl methyl sites for hydroxylation is 1. The number of rotatable bonds is 15. The molecule has 1 aliphatic heterocycles. The first-order valence-electron chi connectivity index (χ1n) is 14.2. The number of aldehydes is 1. The second kappa shape index (κ2) is 17.0. The Morgan fingerprint density at radius 3 is 2.73 bits per heavy atom. The number of carbonyl (C=O) groups excluding carboxylic acids is 2. The van der Waals surface area contributed by atoms with Gasteiger partial charge in [0.05, 0.1) is 23.6 Å². The molecule has 10 nitrogen and oxygen atoms in total. The third-order valence-corrected chi connectivity index (χ3v) is 7.03. The van der Waals surface area contributed by atoms with Gasteiger partial charge in [-0.15, -0.1) is 0 Å². The van der Waals surface area contributed by atoms with Gasteiger partial charge in [-0.1, -0.05) is 39.8 Å². The molecule has 2 unspecified atom stereocenters. The van der Waals surface area contributed by atoms with Crippen LogP contribution in [0.3, 0.4) is 0 Å². The summed E-state index contributed by atoms with van der Waals surface area (Å²) in [6.45, 7) is 15.5. The van der Waals surface area contributed by atoms with Gasteiger partial charge in [-0.25, -0.2) is 15.2 Å². The van der Waals surface area contributed by atoms with Gasteiger partial charge in [-0.05, 0) is 62.8 Å². The molecule has 2 rings (SSSR count). The van der Waals surface area contributed by atoms with Crippen LogP contribution in [0.2, 0.25) is 0 Å². The van der Waals surface area contributed by atoms with Crippen LogP contribution in [0.15, 0.2) is 54.0 Å². The number of amides is 2. The first-order valence-corrected chi connectivity index (χ1v) is 14.2. The van der Waals surface area contributed by atoms with Crippen molar-refractivity contribution in [2.45, 2.75) is 66.3 Å². The molecule has 0 aromatic carbocycles. The molecule has 0 saturated carbocycles. The lowest BCUT2D eigenvalue weighted by Gasteiger charge is -2.32. The number of urea groups is 1. The van der Waals surface area contributed by atoms with E-state index in [1.165, 1.54) is 0 Å². The Kier molecular flexibility index (Phi) is 13.8. The number of allylic oxidation sites excluding steroid dienone is 5. The number of carbonyl (C=O) groups is 2. The minimum atomic E-state index is -0.361. The normalized spacial score (nSPS) is 15.3. The van der Waals surface area contributed by atoms with E-state index >= 15 is 0 Å². The molecule has 0 spiro atoms. The number of anilines is 2.